The number of hydrogen-bond acceptors (Lipinski definition) is 7. The van der Waals surface area contributed by atoms with Crippen molar-refractivity contribution in [3.8, 4) is 11.5 Å². The molecule has 2 rings (SSSR count). The number of hydrogen-bond donors (Lipinski definition) is 1. The van der Waals surface area contributed by atoms with Gasteiger partial charge in [0.15, 0.2) is 22.8 Å². The smallest absolute Gasteiger partial charge is 0.346 e. The lowest BCUT2D eigenvalue weighted by Gasteiger charge is -2.17. The first-order valence-electron chi connectivity index (χ1n) is 9.18. The highest BCUT2D eigenvalue weighted by atomic mass is 35.5. The Hall–Kier alpha value is -2.71. The molecule has 0 fully saturated rings. The van der Waals surface area contributed by atoms with Crippen LogP contribution in [0.2, 0.25) is 5.02 Å². The van der Waals surface area contributed by atoms with Crippen LogP contribution in [-0.4, -0.2) is 37.2 Å². The van der Waals surface area contributed by atoms with E-state index in [4.69, 9.17) is 26.8 Å². The molecule has 0 bridgehead atoms. The zero-order chi connectivity index (χ0) is 21.9. The number of ether oxygens (including phenoxy) is 3. The molecule has 0 saturated carbocycles. The van der Waals surface area contributed by atoms with Gasteiger partial charge in [0.1, 0.15) is 0 Å². The summed E-state index contributed by atoms with van der Waals surface area (Å²) in [5, 5.41) is 8.63. The lowest BCUT2D eigenvalue weighted by molar-refractivity contribution is -0.147. The van der Waals surface area contributed by atoms with Gasteiger partial charge < -0.3 is 19.9 Å². The molecular formula is C21H24ClN3O4S. The zero-order valence-electron chi connectivity index (χ0n) is 17.0. The molecule has 0 aliphatic heterocycles. The lowest BCUT2D eigenvalue weighted by Crippen LogP contribution is -2.25. The minimum absolute atomic E-state index is 0.259. The van der Waals surface area contributed by atoms with Crippen LogP contribution in [0.15, 0.2) is 52.7 Å². The van der Waals surface area contributed by atoms with E-state index in [0.29, 0.717) is 28.8 Å². The van der Waals surface area contributed by atoms with E-state index in [9.17, 15) is 4.79 Å². The Bertz CT molecular complexity index is 907. The fourth-order valence-electron chi connectivity index (χ4n) is 2.34. The number of esters is 1. The molecule has 1 unspecified atom stereocenters. The van der Waals surface area contributed by atoms with Crippen molar-refractivity contribution in [2.75, 3.05) is 13.7 Å². The maximum absolute atomic E-state index is 11.6. The normalized spacial score (nSPS) is 12.6. The molecule has 0 heterocycles. The molecule has 0 aliphatic carbocycles. The Morgan fingerprint density at radius 1 is 1.30 bits per heavy atom. The number of methoxy groups -OCH3 is 1. The van der Waals surface area contributed by atoms with Crippen molar-refractivity contribution in [2.24, 2.45) is 15.9 Å². The van der Waals surface area contributed by atoms with E-state index < -0.39 is 12.1 Å². The molecule has 7 nitrogen and oxygen atoms in total. The van der Waals surface area contributed by atoms with Crippen molar-refractivity contribution in [1.82, 2.24) is 0 Å². The largest absolute Gasteiger partial charge is 0.490 e. The van der Waals surface area contributed by atoms with Crippen LogP contribution in [0.25, 0.3) is 0 Å². The van der Waals surface area contributed by atoms with E-state index in [1.165, 1.54) is 25.1 Å². The van der Waals surface area contributed by atoms with E-state index in [-0.39, 0.29) is 10.8 Å². The number of nitrogens with two attached hydrogens (primary N) is 1. The van der Waals surface area contributed by atoms with Gasteiger partial charge in [-0.25, -0.2) is 4.79 Å². The molecular weight excluding hydrogens is 426 g/mol. The van der Waals surface area contributed by atoms with E-state index >= 15 is 0 Å². The third-order valence-corrected chi connectivity index (χ3v) is 4.89. The number of carbonyl (C=O) groups is 1. The highest BCUT2D eigenvalue weighted by Crippen LogP contribution is 2.37. The molecule has 0 aliphatic rings. The second-order valence-corrected chi connectivity index (χ2v) is 7.41. The molecule has 1 atom stereocenters. The van der Waals surface area contributed by atoms with Gasteiger partial charge in [0.2, 0.25) is 0 Å². The van der Waals surface area contributed by atoms with Crippen LogP contribution in [0.4, 0.5) is 0 Å². The summed E-state index contributed by atoms with van der Waals surface area (Å²) in [6.07, 6.45) is 0.676. The Kier molecular flexibility index (Phi) is 9.50. The fraction of sp³-hybridized carbons (Fsp3) is 0.286. The van der Waals surface area contributed by atoms with Gasteiger partial charge >= 0.3 is 5.97 Å². The number of halogens is 1. The van der Waals surface area contributed by atoms with Gasteiger partial charge in [-0.2, -0.15) is 5.10 Å². The molecule has 0 spiro atoms. The highest BCUT2D eigenvalue weighted by Gasteiger charge is 2.20. The minimum atomic E-state index is -0.836. The Morgan fingerprint density at radius 2 is 2.03 bits per heavy atom. The van der Waals surface area contributed by atoms with Crippen molar-refractivity contribution in [3.63, 3.8) is 0 Å². The summed E-state index contributed by atoms with van der Waals surface area (Å²) in [5.74, 6) is 0.834. The second-order valence-electron chi connectivity index (χ2n) is 6.00. The Labute approximate surface area is 185 Å². The number of rotatable bonds is 9. The number of carbonyl (C=O) groups excluding carboxylic acids is 1. The summed E-state index contributed by atoms with van der Waals surface area (Å²) >= 11 is 7.73. The average molecular weight is 450 g/mol. The number of benzene rings is 2. The minimum Gasteiger partial charge on any atom is -0.490 e. The summed E-state index contributed by atoms with van der Waals surface area (Å²) in [4.78, 5) is 11.6. The lowest BCUT2D eigenvalue weighted by atomic mass is 10.2. The predicted octanol–water partition coefficient (Wildman–Crippen LogP) is 4.26. The monoisotopic (exact) mass is 449 g/mol. The third-order valence-electron chi connectivity index (χ3n) is 3.75. The molecule has 30 heavy (non-hydrogen) atoms. The molecule has 0 amide bonds. The van der Waals surface area contributed by atoms with Crippen LogP contribution in [-0.2, 0) is 15.3 Å². The first-order valence-corrected chi connectivity index (χ1v) is 10.5. The van der Waals surface area contributed by atoms with Crippen LogP contribution >= 0.6 is 23.4 Å². The third kappa shape index (κ3) is 7.27. The summed E-state index contributed by atoms with van der Waals surface area (Å²) in [5.41, 5.74) is 7.69. The summed E-state index contributed by atoms with van der Waals surface area (Å²) < 4.78 is 15.9. The first-order chi connectivity index (χ1) is 14.4. The van der Waals surface area contributed by atoms with Crippen LogP contribution in [0.1, 0.15) is 25.0 Å². The van der Waals surface area contributed by atoms with Gasteiger partial charge in [-0.1, -0.05) is 53.7 Å². The number of nitrogens with zero attached hydrogens (tertiary/aromatic N) is 2. The van der Waals surface area contributed by atoms with Crippen molar-refractivity contribution in [3.05, 3.63) is 58.6 Å². The van der Waals surface area contributed by atoms with Crippen molar-refractivity contribution < 1.29 is 19.0 Å². The molecule has 2 aromatic carbocycles. The SMILES string of the molecule is CCOc1cc(C=NN=C(N)SCc2ccccc2)cc(Cl)c1OC(C)C(=O)OC. The summed E-state index contributed by atoms with van der Waals surface area (Å²) in [6.45, 7) is 3.79. The molecule has 9 heteroatoms. The molecule has 0 saturated heterocycles. The van der Waals surface area contributed by atoms with E-state index in [1.807, 2.05) is 37.3 Å². The summed E-state index contributed by atoms with van der Waals surface area (Å²) in [7, 11) is 1.29. The van der Waals surface area contributed by atoms with Crippen LogP contribution in [0.3, 0.4) is 0 Å². The first kappa shape index (κ1) is 23.6. The van der Waals surface area contributed by atoms with Gasteiger partial charge in [0.25, 0.3) is 0 Å². The average Bonchev–Trinajstić information content (AvgIpc) is 2.75. The maximum Gasteiger partial charge on any atom is 0.346 e. The molecule has 160 valence electrons. The number of thioether (sulfide) groups is 1. The summed E-state index contributed by atoms with van der Waals surface area (Å²) in [6, 6.07) is 13.3. The molecule has 2 N–H and O–H groups in total. The predicted molar refractivity (Wildman–Crippen MR) is 122 cm³/mol. The van der Waals surface area contributed by atoms with Crippen LogP contribution in [0.5, 0.6) is 11.5 Å². The van der Waals surface area contributed by atoms with E-state index in [0.717, 1.165) is 5.56 Å². The highest BCUT2D eigenvalue weighted by molar-refractivity contribution is 8.13. The fourth-order valence-corrected chi connectivity index (χ4v) is 3.22. The van der Waals surface area contributed by atoms with Gasteiger partial charge in [-0.3, -0.25) is 0 Å². The molecule has 2 aromatic rings. The van der Waals surface area contributed by atoms with Crippen LogP contribution in [0, 0.1) is 0 Å². The topological polar surface area (TPSA) is 95.5 Å². The van der Waals surface area contributed by atoms with Crippen molar-refractivity contribution in [2.45, 2.75) is 25.7 Å². The molecule has 0 aromatic heterocycles. The zero-order valence-corrected chi connectivity index (χ0v) is 18.6. The second kappa shape index (κ2) is 12.1. The quantitative estimate of drug-likeness (QED) is 0.266. The van der Waals surface area contributed by atoms with Gasteiger partial charge in [-0.05, 0) is 31.5 Å². The number of amidine groups is 1. The van der Waals surface area contributed by atoms with Crippen molar-refractivity contribution in [1.29, 1.82) is 0 Å². The van der Waals surface area contributed by atoms with Gasteiger partial charge in [0, 0.05) is 11.3 Å². The molecule has 0 radical (unpaired) electrons. The Morgan fingerprint density at radius 3 is 2.70 bits per heavy atom. The van der Waals surface area contributed by atoms with Gasteiger partial charge in [0.05, 0.1) is 25.0 Å². The maximum atomic E-state index is 11.6. The van der Waals surface area contributed by atoms with Crippen LogP contribution < -0.4 is 15.2 Å². The standard InChI is InChI=1S/C21H24ClN3O4S/c1-4-28-18-11-16(10-17(22)19(18)29-14(2)20(26)27-3)12-24-25-21(23)30-13-15-8-6-5-7-9-15/h5-12,14H,4,13H2,1-3H3,(H2,23,25). The van der Waals surface area contributed by atoms with E-state index in [2.05, 4.69) is 14.9 Å². The van der Waals surface area contributed by atoms with Crippen molar-refractivity contribution >= 4 is 40.7 Å². The van der Waals surface area contributed by atoms with E-state index in [1.54, 1.807) is 19.1 Å². The van der Waals surface area contributed by atoms with Gasteiger partial charge in [-0.15, -0.1) is 5.10 Å². The Balaban J connectivity index is 2.10.